The third kappa shape index (κ3) is 1.44. The zero-order valence-corrected chi connectivity index (χ0v) is 11.1. The monoisotopic (exact) mass is 286 g/mol. The van der Waals surface area contributed by atoms with E-state index in [1.54, 1.807) is 0 Å². The first-order valence-corrected chi connectivity index (χ1v) is 6.36. The molecule has 0 spiro atoms. The molecule has 2 saturated heterocycles. The van der Waals surface area contributed by atoms with E-state index in [2.05, 4.69) is 35.5 Å². The topological polar surface area (TPSA) is 27.7 Å². The quantitative estimate of drug-likeness (QED) is 0.633. The van der Waals surface area contributed by atoms with Gasteiger partial charge in [-0.05, 0) is 0 Å². The van der Waals surface area contributed by atoms with Gasteiger partial charge in [0.05, 0.1) is 0 Å². The molecule has 0 radical (unpaired) electrons. The Morgan fingerprint density at radius 2 is 2.19 bits per heavy atom. The molecule has 3 rings (SSSR count). The fraction of sp³-hybridized carbons (Fsp3) is 0.583. The Balaban J connectivity index is 2.01. The summed E-state index contributed by atoms with van der Waals surface area (Å²) < 4.78 is 18.2. The van der Waals surface area contributed by atoms with Gasteiger partial charge < -0.3 is 0 Å². The summed E-state index contributed by atoms with van der Waals surface area (Å²) in [6.45, 7) is 4.48. The van der Waals surface area contributed by atoms with Crippen LogP contribution in [0, 0.1) is 5.92 Å². The molecule has 4 heteroatoms. The number of hydrogen-bond acceptors (Lipinski definition) is 3. The van der Waals surface area contributed by atoms with Gasteiger partial charge in [0.1, 0.15) is 0 Å². The number of fused-ring (bicyclic) bond motifs is 2. The van der Waals surface area contributed by atoms with Gasteiger partial charge in [0.15, 0.2) is 0 Å². The molecule has 0 bridgehead atoms. The maximum atomic E-state index is 6.07. The van der Waals surface area contributed by atoms with Crippen molar-refractivity contribution in [3.63, 3.8) is 0 Å². The normalized spacial score (nSPS) is 30.8. The van der Waals surface area contributed by atoms with Gasteiger partial charge in [0.25, 0.3) is 0 Å². The number of rotatable bonds is 0. The van der Waals surface area contributed by atoms with Gasteiger partial charge in [0.2, 0.25) is 0 Å². The van der Waals surface area contributed by atoms with E-state index in [0.29, 0.717) is 12.7 Å². The molecule has 2 fully saturated rings. The zero-order chi connectivity index (χ0) is 11.3. The first-order chi connectivity index (χ1) is 7.58. The van der Waals surface area contributed by atoms with Gasteiger partial charge in [-0.25, -0.2) is 0 Å². The van der Waals surface area contributed by atoms with Crippen molar-refractivity contribution in [3.8, 4) is 0 Å². The van der Waals surface area contributed by atoms with Gasteiger partial charge in [-0.15, -0.1) is 0 Å². The van der Waals surface area contributed by atoms with E-state index in [1.165, 1.54) is 4.42 Å². The van der Waals surface area contributed by atoms with Crippen LogP contribution in [0.2, 0.25) is 0 Å². The second kappa shape index (κ2) is 3.38. The Hall–Kier alpha value is -0.731. The summed E-state index contributed by atoms with van der Waals surface area (Å²) in [6.07, 6.45) is 4.10. The first-order valence-electron chi connectivity index (χ1n) is 5.50. The predicted molar refractivity (Wildman–Crippen MR) is 60.8 cm³/mol. The molecule has 0 aromatic heterocycles. The van der Waals surface area contributed by atoms with Crippen molar-refractivity contribution < 1.29 is 14.2 Å². The standard InChI is InChI=1S/C12H14O3Se/c1-12(2)9(16)5-7-3-4-8-11(10(7)15-12)14-6-13-8/h4,7H,3,5-6H2,1-2H3. The van der Waals surface area contributed by atoms with E-state index >= 15 is 0 Å². The molecule has 0 amide bonds. The van der Waals surface area contributed by atoms with Crippen LogP contribution in [0.4, 0.5) is 0 Å². The van der Waals surface area contributed by atoms with Crippen molar-refractivity contribution in [2.75, 3.05) is 6.79 Å². The van der Waals surface area contributed by atoms with E-state index in [4.69, 9.17) is 14.2 Å². The molecule has 3 nitrogen and oxygen atoms in total. The number of allylic oxidation sites excluding steroid dienone is 2. The van der Waals surface area contributed by atoms with Crippen molar-refractivity contribution >= 4 is 20.0 Å². The van der Waals surface area contributed by atoms with Crippen LogP contribution in [0.25, 0.3) is 0 Å². The van der Waals surface area contributed by atoms with Gasteiger partial charge in [-0.1, -0.05) is 0 Å². The van der Waals surface area contributed by atoms with Gasteiger partial charge >= 0.3 is 103 Å². The first kappa shape index (κ1) is 10.4. The molecule has 86 valence electrons. The van der Waals surface area contributed by atoms with Crippen LogP contribution in [0.15, 0.2) is 23.4 Å². The second-order valence-electron chi connectivity index (χ2n) is 4.84. The molecule has 0 saturated carbocycles. The fourth-order valence-corrected chi connectivity index (χ4v) is 2.79. The maximum absolute atomic E-state index is 6.07. The number of hydrogen-bond donors (Lipinski definition) is 0. The average Bonchev–Trinajstić information content (AvgIpc) is 2.68. The van der Waals surface area contributed by atoms with Crippen LogP contribution < -0.4 is 0 Å². The van der Waals surface area contributed by atoms with Crippen molar-refractivity contribution in [1.82, 2.24) is 0 Å². The molecule has 1 aliphatic carbocycles. The minimum absolute atomic E-state index is 0.243. The molecule has 0 aromatic rings. The summed E-state index contributed by atoms with van der Waals surface area (Å²) in [6, 6.07) is 0. The molecule has 1 atom stereocenters. The molecule has 2 heterocycles. The summed E-state index contributed by atoms with van der Waals surface area (Å²) in [5, 5.41) is 0. The summed E-state index contributed by atoms with van der Waals surface area (Å²) >= 11 is 3.14. The fourth-order valence-electron chi connectivity index (χ4n) is 2.28. The van der Waals surface area contributed by atoms with Gasteiger partial charge in [0, 0.05) is 0 Å². The van der Waals surface area contributed by atoms with Crippen LogP contribution in [0.5, 0.6) is 0 Å². The second-order valence-corrected chi connectivity index (χ2v) is 5.87. The van der Waals surface area contributed by atoms with Crippen LogP contribution >= 0.6 is 0 Å². The summed E-state index contributed by atoms with van der Waals surface area (Å²) in [5.74, 6) is 3.05. The summed E-state index contributed by atoms with van der Waals surface area (Å²) in [4.78, 5) is 0. The average molecular weight is 285 g/mol. The Morgan fingerprint density at radius 3 is 3.00 bits per heavy atom. The van der Waals surface area contributed by atoms with Crippen LogP contribution in [-0.2, 0) is 14.2 Å². The molecular formula is C12H14O3Se. The number of ether oxygens (including phenoxy) is 3. The third-order valence-corrected chi connectivity index (χ3v) is 4.67. The summed E-state index contributed by atoms with van der Waals surface area (Å²) in [5.41, 5.74) is -0.243. The molecule has 1 unspecified atom stereocenters. The van der Waals surface area contributed by atoms with E-state index in [0.717, 1.165) is 30.1 Å². The molecule has 16 heavy (non-hydrogen) atoms. The van der Waals surface area contributed by atoms with Crippen LogP contribution in [0.3, 0.4) is 0 Å². The summed E-state index contributed by atoms with van der Waals surface area (Å²) in [7, 11) is 0. The van der Waals surface area contributed by atoms with Gasteiger partial charge in [-0.2, -0.15) is 0 Å². The minimum atomic E-state index is -0.243. The Bertz CT molecular complexity index is 420. The van der Waals surface area contributed by atoms with Gasteiger partial charge in [-0.3, -0.25) is 0 Å². The third-order valence-electron chi connectivity index (χ3n) is 3.29. The Kier molecular flexibility index (Phi) is 2.20. The van der Waals surface area contributed by atoms with Crippen molar-refractivity contribution in [1.29, 1.82) is 0 Å². The van der Waals surface area contributed by atoms with E-state index < -0.39 is 0 Å². The van der Waals surface area contributed by atoms with Crippen molar-refractivity contribution in [3.05, 3.63) is 23.4 Å². The Morgan fingerprint density at radius 1 is 1.38 bits per heavy atom. The SMILES string of the molecule is CC1(C)OC2=C3OCOC3=CCC2CC1=[Se]. The molecule has 0 N–H and O–H groups in total. The Labute approximate surface area is 103 Å². The van der Waals surface area contributed by atoms with E-state index in [-0.39, 0.29) is 5.60 Å². The van der Waals surface area contributed by atoms with Crippen LogP contribution in [0.1, 0.15) is 26.7 Å². The van der Waals surface area contributed by atoms with E-state index in [1.807, 2.05) is 0 Å². The molecular weight excluding hydrogens is 271 g/mol. The zero-order valence-electron chi connectivity index (χ0n) is 9.41. The molecule has 0 aromatic carbocycles. The van der Waals surface area contributed by atoms with Crippen molar-refractivity contribution in [2.24, 2.45) is 5.92 Å². The van der Waals surface area contributed by atoms with Crippen molar-refractivity contribution in [2.45, 2.75) is 32.3 Å². The molecule has 3 aliphatic rings. The van der Waals surface area contributed by atoms with Crippen LogP contribution in [-0.4, -0.2) is 32.4 Å². The predicted octanol–water partition coefficient (Wildman–Crippen LogP) is 1.65. The van der Waals surface area contributed by atoms with E-state index in [9.17, 15) is 0 Å². The molecule has 2 aliphatic heterocycles.